The van der Waals surface area contributed by atoms with Crippen molar-refractivity contribution >= 4 is 33.2 Å². The third kappa shape index (κ3) is 1.94. The number of amides is 2. The van der Waals surface area contributed by atoms with Gasteiger partial charge in [-0.2, -0.15) is 0 Å². The smallest absolute Gasteiger partial charge is 0.275 e. The van der Waals surface area contributed by atoms with Gasteiger partial charge in [0.25, 0.3) is 21.8 Å². The quantitative estimate of drug-likeness (QED) is 0.456. The van der Waals surface area contributed by atoms with Gasteiger partial charge in [-0.3, -0.25) is 15.0 Å². The molecule has 2 heterocycles. The number of carbonyl (C=O) groups excluding carboxylic acids is 2. The SMILES string of the molecule is CC1(C)C(=O)N(Cc2ccc(C(=O)NN)s2)S1(=O)=O. The van der Waals surface area contributed by atoms with E-state index in [0.29, 0.717) is 9.75 Å². The van der Waals surface area contributed by atoms with Gasteiger partial charge in [0.05, 0.1) is 11.4 Å². The lowest BCUT2D eigenvalue weighted by Gasteiger charge is -2.42. The lowest BCUT2D eigenvalue weighted by molar-refractivity contribution is -0.132. The molecule has 0 radical (unpaired) electrons. The minimum Gasteiger partial charge on any atom is -0.289 e. The Morgan fingerprint density at radius 2 is 2.11 bits per heavy atom. The van der Waals surface area contributed by atoms with Gasteiger partial charge < -0.3 is 0 Å². The van der Waals surface area contributed by atoms with Crippen LogP contribution in [0.4, 0.5) is 0 Å². The van der Waals surface area contributed by atoms with E-state index in [1.807, 2.05) is 5.43 Å². The van der Waals surface area contributed by atoms with Crippen molar-refractivity contribution in [1.29, 1.82) is 0 Å². The second-order valence-corrected chi connectivity index (χ2v) is 8.15. The molecule has 0 unspecified atom stereocenters. The van der Waals surface area contributed by atoms with Crippen molar-refractivity contribution in [2.45, 2.75) is 25.1 Å². The molecule has 9 heteroatoms. The Hall–Kier alpha value is -1.45. The lowest BCUT2D eigenvalue weighted by Crippen LogP contribution is -2.66. The van der Waals surface area contributed by atoms with Crippen LogP contribution in [-0.4, -0.2) is 29.3 Å². The summed E-state index contributed by atoms with van der Waals surface area (Å²) in [4.78, 5) is 24.0. The number of hydrogen-bond acceptors (Lipinski definition) is 6. The maximum Gasteiger partial charge on any atom is 0.275 e. The summed E-state index contributed by atoms with van der Waals surface area (Å²) in [6.45, 7) is 2.71. The summed E-state index contributed by atoms with van der Waals surface area (Å²) in [5.41, 5.74) is 1.99. The number of hydrogen-bond donors (Lipinski definition) is 2. The fourth-order valence-corrected chi connectivity index (χ4v) is 4.20. The monoisotopic (exact) mass is 303 g/mol. The zero-order chi connectivity index (χ0) is 14.4. The van der Waals surface area contributed by atoms with Gasteiger partial charge in [-0.05, 0) is 26.0 Å². The summed E-state index contributed by atoms with van der Waals surface area (Å²) in [5, 5.41) is 0. The number of carbonyl (C=O) groups is 2. The van der Waals surface area contributed by atoms with Gasteiger partial charge >= 0.3 is 0 Å². The van der Waals surface area contributed by atoms with Crippen molar-refractivity contribution in [2.24, 2.45) is 5.84 Å². The van der Waals surface area contributed by atoms with Crippen LogP contribution in [0.2, 0.25) is 0 Å². The van der Waals surface area contributed by atoms with Crippen LogP contribution in [0.15, 0.2) is 12.1 Å². The fraction of sp³-hybridized carbons (Fsp3) is 0.400. The number of thiophene rings is 1. The van der Waals surface area contributed by atoms with Crippen LogP contribution in [0.3, 0.4) is 0 Å². The second kappa shape index (κ2) is 4.29. The Bertz CT molecular complexity index is 647. The highest BCUT2D eigenvalue weighted by molar-refractivity contribution is 7.94. The molecule has 19 heavy (non-hydrogen) atoms. The van der Waals surface area contributed by atoms with E-state index in [2.05, 4.69) is 0 Å². The van der Waals surface area contributed by atoms with Gasteiger partial charge in [0.2, 0.25) is 0 Å². The standard InChI is InChI=1S/C10H13N3O4S2/c1-10(2)9(15)13(19(10,16)17)5-6-3-4-7(18-6)8(14)12-11/h3-4H,5,11H2,1-2H3,(H,12,14). The van der Waals surface area contributed by atoms with Crippen molar-refractivity contribution in [1.82, 2.24) is 9.73 Å². The lowest BCUT2D eigenvalue weighted by atomic mass is 10.2. The normalized spacial score (nSPS) is 19.9. The van der Waals surface area contributed by atoms with Gasteiger partial charge in [-0.25, -0.2) is 18.6 Å². The van der Waals surface area contributed by atoms with E-state index in [1.54, 1.807) is 6.07 Å². The number of rotatable bonds is 3. The molecule has 0 saturated carbocycles. The Balaban J connectivity index is 2.18. The third-order valence-corrected chi connectivity index (χ3v) is 6.40. The first kappa shape index (κ1) is 14.0. The maximum atomic E-state index is 11.9. The van der Waals surface area contributed by atoms with Crippen LogP contribution in [-0.2, 0) is 21.4 Å². The summed E-state index contributed by atoms with van der Waals surface area (Å²) >= 11 is 1.10. The Morgan fingerprint density at radius 1 is 1.47 bits per heavy atom. The van der Waals surface area contributed by atoms with Crippen LogP contribution < -0.4 is 11.3 Å². The molecule has 3 N–H and O–H groups in total. The molecule has 1 fully saturated rings. The van der Waals surface area contributed by atoms with E-state index in [4.69, 9.17) is 5.84 Å². The average molecular weight is 303 g/mol. The van der Waals surface area contributed by atoms with E-state index in [-0.39, 0.29) is 6.54 Å². The molecule has 0 atom stereocenters. The average Bonchev–Trinajstić information content (AvgIpc) is 2.82. The van der Waals surface area contributed by atoms with Crippen molar-refractivity contribution < 1.29 is 18.0 Å². The summed E-state index contributed by atoms with van der Waals surface area (Å²) in [5.74, 6) is 4.11. The Kier molecular flexibility index (Phi) is 3.15. The molecule has 0 spiro atoms. The van der Waals surface area contributed by atoms with E-state index >= 15 is 0 Å². The molecule has 1 aliphatic heterocycles. The number of nitrogens with zero attached hydrogens (tertiary/aromatic N) is 1. The molecular formula is C10H13N3O4S2. The summed E-state index contributed by atoms with van der Waals surface area (Å²) in [6.07, 6.45) is 0. The number of sulfonamides is 1. The van der Waals surface area contributed by atoms with Crippen molar-refractivity contribution in [3.05, 3.63) is 21.9 Å². The predicted octanol–water partition coefficient (Wildman–Crippen LogP) is -0.198. The number of nitrogens with two attached hydrogens (primary N) is 1. The van der Waals surface area contributed by atoms with Crippen molar-refractivity contribution in [2.75, 3.05) is 0 Å². The van der Waals surface area contributed by atoms with Gasteiger partial charge in [0.15, 0.2) is 4.75 Å². The highest BCUT2D eigenvalue weighted by Crippen LogP contribution is 2.36. The topological polar surface area (TPSA) is 110 Å². The summed E-state index contributed by atoms with van der Waals surface area (Å²) < 4.78 is 23.2. The number of nitrogens with one attached hydrogen (secondary N) is 1. The molecule has 0 aromatic carbocycles. The van der Waals surface area contributed by atoms with Crippen LogP contribution >= 0.6 is 11.3 Å². The zero-order valence-corrected chi connectivity index (χ0v) is 12.0. The zero-order valence-electron chi connectivity index (χ0n) is 10.3. The first-order valence-electron chi connectivity index (χ1n) is 5.38. The summed E-state index contributed by atoms with van der Waals surface area (Å²) in [7, 11) is -3.60. The molecule has 1 saturated heterocycles. The largest absolute Gasteiger partial charge is 0.289 e. The molecule has 104 valence electrons. The highest BCUT2D eigenvalue weighted by atomic mass is 32.2. The molecule has 1 aromatic heterocycles. The minimum atomic E-state index is -3.60. The highest BCUT2D eigenvalue weighted by Gasteiger charge is 2.59. The Morgan fingerprint density at radius 3 is 2.63 bits per heavy atom. The van der Waals surface area contributed by atoms with E-state index < -0.39 is 26.6 Å². The molecule has 1 aliphatic rings. The van der Waals surface area contributed by atoms with E-state index in [9.17, 15) is 18.0 Å². The number of nitrogen functional groups attached to an aromatic ring is 1. The number of hydrazine groups is 1. The Labute approximate surface area is 114 Å². The van der Waals surface area contributed by atoms with Gasteiger partial charge in [-0.1, -0.05) is 0 Å². The third-order valence-electron chi connectivity index (χ3n) is 2.99. The van der Waals surface area contributed by atoms with Crippen LogP contribution in [0.25, 0.3) is 0 Å². The van der Waals surface area contributed by atoms with Gasteiger partial charge in [-0.15, -0.1) is 11.3 Å². The molecule has 0 bridgehead atoms. The maximum absolute atomic E-state index is 11.9. The second-order valence-electron chi connectivity index (χ2n) is 4.57. The van der Waals surface area contributed by atoms with Crippen LogP contribution in [0.1, 0.15) is 28.4 Å². The first-order chi connectivity index (χ1) is 8.71. The predicted molar refractivity (Wildman–Crippen MR) is 69.5 cm³/mol. The first-order valence-corrected chi connectivity index (χ1v) is 7.64. The molecule has 1 aromatic rings. The fourth-order valence-electron chi connectivity index (χ4n) is 1.71. The molecule has 2 amide bonds. The van der Waals surface area contributed by atoms with Crippen molar-refractivity contribution in [3.63, 3.8) is 0 Å². The molecule has 7 nitrogen and oxygen atoms in total. The van der Waals surface area contributed by atoms with E-state index in [1.165, 1.54) is 19.9 Å². The summed E-state index contributed by atoms with van der Waals surface area (Å²) in [6, 6.07) is 3.13. The molecule has 0 aliphatic carbocycles. The molecular weight excluding hydrogens is 290 g/mol. The van der Waals surface area contributed by atoms with Crippen LogP contribution in [0.5, 0.6) is 0 Å². The van der Waals surface area contributed by atoms with Gasteiger partial charge in [0, 0.05) is 4.88 Å². The van der Waals surface area contributed by atoms with E-state index in [0.717, 1.165) is 15.6 Å². The van der Waals surface area contributed by atoms with Gasteiger partial charge in [0.1, 0.15) is 0 Å². The minimum absolute atomic E-state index is 0.0485. The molecule has 2 rings (SSSR count). The van der Waals surface area contributed by atoms with Crippen molar-refractivity contribution in [3.8, 4) is 0 Å². The van der Waals surface area contributed by atoms with Crippen LogP contribution in [0, 0.1) is 0 Å².